The van der Waals surface area contributed by atoms with E-state index in [2.05, 4.69) is 20.4 Å². The van der Waals surface area contributed by atoms with Gasteiger partial charge < -0.3 is 15.6 Å². The van der Waals surface area contributed by atoms with Gasteiger partial charge in [-0.1, -0.05) is 18.0 Å². The number of aromatic nitrogens is 3. The summed E-state index contributed by atoms with van der Waals surface area (Å²) >= 11 is 0. The smallest absolute Gasteiger partial charge is 0.263 e. The van der Waals surface area contributed by atoms with Crippen LogP contribution in [0.5, 0.6) is 0 Å². The van der Waals surface area contributed by atoms with Gasteiger partial charge in [-0.25, -0.2) is 4.98 Å². The summed E-state index contributed by atoms with van der Waals surface area (Å²) in [6, 6.07) is 0.259. The van der Waals surface area contributed by atoms with Gasteiger partial charge in [0.2, 0.25) is 0 Å². The van der Waals surface area contributed by atoms with Gasteiger partial charge in [0.05, 0.1) is 5.69 Å². The molecular weight excluding hydrogens is 242 g/mol. The molecule has 2 aromatic rings. The van der Waals surface area contributed by atoms with Crippen LogP contribution in [-0.4, -0.2) is 27.7 Å². The molecule has 3 N–H and O–H groups in total. The summed E-state index contributed by atoms with van der Waals surface area (Å²) in [6.45, 7) is 2.51. The monoisotopic (exact) mass is 261 g/mol. The number of rotatable bonds is 4. The number of hydrogen-bond donors (Lipinski definition) is 2. The average Bonchev–Trinajstić information content (AvgIpc) is 3.07. The van der Waals surface area contributed by atoms with Crippen LogP contribution < -0.4 is 11.1 Å². The quantitative estimate of drug-likeness (QED) is 0.873. The Balaban J connectivity index is 1.89. The zero-order chi connectivity index (χ0) is 13.2. The molecular formula is C13H19N5O. The Bertz CT molecular complexity index is 561. The normalized spacial score (nSPS) is 18.0. The van der Waals surface area contributed by atoms with E-state index in [1.165, 1.54) is 32.0 Å². The Hall–Kier alpha value is -1.69. The minimum Gasteiger partial charge on any atom is -0.365 e. The Labute approximate surface area is 111 Å². The highest BCUT2D eigenvalue weighted by molar-refractivity contribution is 5.87. The van der Waals surface area contributed by atoms with E-state index in [1.807, 2.05) is 6.92 Å². The van der Waals surface area contributed by atoms with E-state index in [0.29, 0.717) is 18.2 Å². The van der Waals surface area contributed by atoms with Crippen LogP contribution in [0, 0.1) is 12.8 Å². The molecule has 1 aliphatic carbocycles. The Morgan fingerprint density at radius 3 is 2.95 bits per heavy atom. The van der Waals surface area contributed by atoms with E-state index in [4.69, 9.17) is 10.3 Å². The van der Waals surface area contributed by atoms with Crippen LogP contribution >= 0.6 is 0 Å². The lowest BCUT2D eigenvalue weighted by Crippen LogP contribution is -2.35. The molecule has 1 saturated carbocycles. The predicted octanol–water partition coefficient (Wildman–Crippen LogP) is 1.86. The molecule has 1 aliphatic rings. The standard InChI is InChI=1S/C13H19N5O/c1-8-11-12(15-7-16-13(11)19-18-8)17-10(6-14)9-4-2-3-5-9/h7,9-10H,2-6,14H2,1H3,(H,15,16,17). The van der Waals surface area contributed by atoms with Crippen LogP contribution in [-0.2, 0) is 0 Å². The number of nitrogens with two attached hydrogens (primary N) is 1. The van der Waals surface area contributed by atoms with Crippen molar-refractivity contribution < 1.29 is 4.52 Å². The van der Waals surface area contributed by atoms with E-state index in [9.17, 15) is 0 Å². The highest BCUT2D eigenvalue weighted by Crippen LogP contribution is 2.30. The van der Waals surface area contributed by atoms with Crippen LogP contribution in [0.4, 0.5) is 5.82 Å². The number of nitrogens with one attached hydrogen (secondary N) is 1. The second kappa shape index (κ2) is 5.13. The third-order valence-electron chi connectivity index (χ3n) is 3.99. The highest BCUT2D eigenvalue weighted by atomic mass is 16.5. The van der Waals surface area contributed by atoms with Gasteiger partial charge in [-0.2, -0.15) is 4.98 Å². The van der Waals surface area contributed by atoms with Crippen LogP contribution in [0.1, 0.15) is 31.4 Å². The van der Waals surface area contributed by atoms with Gasteiger partial charge in [-0.05, 0) is 25.7 Å². The molecule has 0 radical (unpaired) electrons. The molecule has 6 nitrogen and oxygen atoms in total. The van der Waals surface area contributed by atoms with Gasteiger partial charge in [0.1, 0.15) is 17.5 Å². The van der Waals surface area contributed by atoms with Crippen molar-refractivity contribution in [2.45, 2.75) is 38.6 Å². The van der Waals surface area contributed by atoms with E-state index < -0.39 is 0 Å². The van der Waals surface area contributed by atoms with Crippen molar-refractivity contribution in [1.82, 2.24) is 15.1 Å². The van der Waals surface area contributed by atoms with Gasteiger partial charge in [-0.15, -0.1) is 0 Å². The first kappa shape index (κ1) is 12.3. The maximum atomic E-state index is 5.91. The second-order valence-electron chi connectivity index (χ2n) is 5.20. The fourth-order valence-corrected chi connectivity index (χ4v) is 2.94. The Morgan fingerprint density at radius 1 is 1.42 bits per heavy atom. The van der Waals surface area contributed by atoms with Gasteiger partial charge in [0.15, 0.2) is 0 Å². The summed E-state index contributed by atoms with van der Waals surface area (Å²) in [5, 5.41) is 8.26. The fourth-order valence-electron chi connectivity index (χ4n) is 2.94. The molecule has 2 aromatic heterocycles. The van der Waals surface area contributed by atoms with Crippen LogP contribution in [0.25, 0.3) is 11.1 Å². The van der Waals surface area contributed by atoms with Crippen LogP contribution in [0.15, 0.2) is 10.9 Å². The molecule has 6 heteroatoms. The zero-order valence-electron chi connectivity index (χ0n) is 11.1. The van der Waals surface area contributed by atoms with Crippen molar-refractivity contribution in [3.63, 3.8) is 0 Å². The zero-order valence-corrected chi connectivity index (χ0v) is 11.1. The highest BCUT2D eigenvalue weighted by Gasteiger charge is 2.25. The third kappa shape index (κ3) is 2.28. The number of nitrogens with zero attached hydrogens (tertiary/aromatic N) is 3. The number of hydrogen-bond acceptors (Lipinski definition) is 6. The molecule has 2 heterocycles. The molecule has 102 valence electrons. The summed E-state index contributed by atoms with van der Waals surface area (Å²) in [5.74, 6) is 1.42. The average molecular weight is 261 g/mol. The SMILES string of the molecule is Cc1noc2ncnc(NC(CN)C3CCCC3)c12. The molecule has 0 saturated heterocycles. The van der Waals surface area contributed by atoms with Crippen LogP contribution in [0.3, 0.4) is 0 Å². The molecule has 19 heavy (non-hydrogen) atoms. The first-order chi connectivity index (χ1) is 9.29. The fraction of sp³-hybridized carbons (Fsp3) is 0.615. The van der Waals surface area contributed by atoms with E-state index >= 15 is 0 Å². The third-order valence-corrected chi connectivity index (χ3v) is 3.99. The molecule has 3 rings (SSSR count). The lowest BCUT2D eigenvalue weighted by atomic mass is 9.98. The van der Waals surface area contributed by atoms with Gasteiger partial charge in [-0.3, -0.25) is 0 Å². The number of anilines is 1. The Morgan fingerprint density at radius 2 is 2.21 bits per heavy atom. The van der Waals surface area contributed by atoms with Gasteiger partial charge >= 0.3 is 0 Å². The van der Waals surface area contributed by atoms with E-state index in [1.54, 1.807) is 0 Å². The molecule has 0 spiro atoms. The maximum Gasteiger partial charge on any atom is 0.263 e. The van der Waals surface area contributed by atoms with E-state index in [-0.39, 0.29) is 6.04 Å². The van der Waals surface area contributed by atoms with Gasteiger partial charge in [0.25, 0.3) is 5.71 Å². The van der Waals surface area contributed by atoms with Crippen molar-refractivity contribution in [3.8, 4) is 0 Å². The minimum absolute atomic E-state index is 0.259. The van der Waals surface area contributed by atoms with Gasteiger partial charge in [0, 0.05) is 12.6 Å². The molecule has 1 fully saturated rings. The summed E-state index contributed by atoms with van der Waals surface area (Å²) in [7, 11) is 0. The lowest BCUT2D eigenvalue weighted by molar-refractivity contribution is 0.442. The van der Waals surface area contributed by atoms with Crippen LogP contribution in [0.2, 0.25) is 0 Å². The molecule has 0 amide bonds. The first-order valence-corrected chi connectivity index (χ1v) is 6.83. The minimum atomic E-state index is 0.259. The summed E-state index contributed by atoms with van der Waals surface area (Å²) < 4.78 is 5.16. The summed E-state index contributed by atoms with van der Waals surface area (Å²) in [5.41, 5.74) is 7.24. The predicted molar refractivity (Wildman–Crippen MR) is 72.8 cm³/mol. The number of fused-ring (bicyclic) bond motifs is 1. The molecule has 1 unspecified atom stereocenters. The topological polar surface area (TPSA) is 89.9 Å². The van der Waals surface area contributed by atoms with Crippen molar-refractivity contribution in [1.29, 1.82) is 0 Å². The second-order valence-corrected chi connectivity index (χ2v) is 5.20. The molecule has 1 atom stereocenters. The van der Waals surface area contributed by atoms with E-state index in [0.717, 1.165) is 16.9 Å². The Kier molecular flexibility index (Phi) is 3.33. The summed E-state index contributed by atoms with van der Waals surface area (Å²) in [6.07, 6.45) is 6.58. The molecule has 0 bridgehead atoms. The van der Waals surface area contributed by atoms with Crippen molar-refractivity contribution >= 4 is 16.9 Å². The summed E-state index contributed by atoms with van der Waals surface area (Å²) in [4.78, 5) is 8.40. The first-order valence-electron chi connectivity index (χ1n) is 6.83. The maximum absolute atomic E-state index is 5.91. The van der Waals surface area contributed by atoms with Crippen molar-refractivity contribution in [2.24, 2.45) is 11.7 Å². The lowest BCUT2D eigenvalue weighted by Gasteiger charge is -2.23. The van der Waals surface area contributed by atoms with Crippen molar-refractivity contribution in [3.05, 3.63) is 12.0 Å². The molecule has 0 aliphatic heterocycles. The largest absolute Gasteiger partial charge is 0.365 e. The number of aryl methyl sites for hydroxylation is 1. The molecule has 0 aromatic carbocycles. The van der Waals surface area contributed by atoms with Crippen molar-refractivity contribution in [2.75, 3.05) is 11.9 Å².